The normalized spacial score (nSPS) is 11.1. The molecule has 2 aromatic rings. The summed E-state index contributed by atoms with van der Waals surface area (Å²) in [6.45, 7) is 6.07. The standard InChI is InChI=1S/C12H13BrN2OS/c1-6(2)10-9(13)12(16)15-11(14-10)8-5-17-4-7(8)3/h4-6H,1-3H3,(H,14,15,16). The van der Waals surface area contributed by atoms with Gasteiger partial charge in [0.2, 0.25) is 0 Å². The van der Waals surface area contributed by atoms with Crippen molar-refractivity contribution in [2.24, 2.45) is 0 Å². The van der Waals surface area contributed by atoms with E-state index in [9.17, 15) is 4.79 Å². The van der Waals surface area contributed by atoms with Gasteiger partial charge in [-0.3, -0.25) is 4.79 Å². The molecule has 0 saturated heterocycles. The average molecular weight is 313 g/mol. The molecule has 0 saturated carbocycles. The van der Waals surface area contributed by atoms with E-state index in [-0.39, 0.29) is 11.5 Å². The molecule has 0 spiro atoms. The number of nitrogens with one attached hydrogen (secondary N) is 1. The number of rotatable bonds is 2. The molecular weight excluding hydrogens is 300 g/mol. The Balaban J connectivity index is 2.66. The lowest BCUT2D eigenvalue weighted by atomic mass is 10.1. The fourth-order valence-corrected chi connectivity index (χ4v) is 3.07. The molecule has 0 fully saturated rings. The largest absolute Gasteiger partial charge is 0.306 e. The summed E-state index contributed by atoms with van der Waals surface area (Å²) in [6.07, 6.45) is 0. The second-order valence-corrected chi connectivity index (χ2v) is 5.77. The highest BCUT2D eigenvalue weighted by Gasteiger charge is 2.14. The number of H-pyrrole nitrogens is 1. The smallest absolute Gasteiger partial charge is 0.265 e. The van der Waals surface area contributed by atoms with Crippen LogP contribution in [0.25, 0.3) is 11.4 Å². The molecule has 17 heavy (non-hydrogen) atoms. The minimum Gasteiger partial charge on any atom is -0.306 e. The van der Waals surface area contributed by atoms with Crippen LogP contribution in [-0.2, 0) is 0 Å². The van der Waals surface area contributed by atoms with Crippen molar-refractivity contribution >= 4 is 27.3 Å². The minimum absolute atomic E-state index is 0.121. The van der Waals surface area contributed by atoms with Gasteiger partial charge in [0.15, 0.2) is 0 Å². The van der Waals surface area contributed by atoms with Gasteiger partial charge in [-0.1, -0.05) is 13.8 Å². The molecule has 0 aromatic carbocycles. The summed E-state index contributed by atoms with van der Waals surface area (Å²) in [6, 6.07) is 0. The number of halogens is 1. The highest BCUT2D eigenvalue weighted by Crippen LogP contribution is 2.26. The molecule has 0 radical (unpaired) electrons. The van der Waals surface area contributed by atoms with Gasteiger partial charge in [0.1, 0.15) is 10.3 Å². The van der Waals surface area contributed by atoms with Gasteiger partial charge in [-0.25, -0.2) is 4.98 Å². The van der Waals surface area contributed by atoms with Crippen LogP contribution in [0.5, 0.6) is 0 Å². The Morgan fingerprint density at radius 1 is 1.41 bits per heavy atom. The van der Waals surface area contributed by atoms with Gasteiger partial charge in [-0.2, -0.15) is 11.3 Å². The molecule has 3 nitrogen and oxygen atoms in total. The molecule has 0 bridgehead atoms. The second-order valence-electron chi connectivity index (χ2n) is 4.24. The van der Waals surface area contributed by atoms with Crippen molar-refractivity contribution in [1.29, 1.82) is 0 Å². The van der Waals surface area contributed by atoms with Gasteiger partial charge in [0.25, 0.3) is 5.56 Å². The van der Waals surface area contributed by atoms with Crippen LogP contribution in [0.3, 0.4) is 0 Å². The number of aryl methyl sites for hydroxylation is 1. The Hall–Kier alpha value is -0.940. The molecule has 0 aliphatic carbocycles. The van der Waals surface area contributed by atoms with Crippen molar-refractivity contribution in [3.8, 4) is 11.4 Å². The topological polar surface area (TPSA) is 45.8 Å². The fourth-order valence-electron chi connectivity index (χ4n) is 1.59. The summed E-state index contributed by atoms with van der Waals surface area (Å²) in [5, 5.41) is 4.05. The summed E-state index contributed by atoms with van der Waals surface area (Å²) >= 11 is 4.90. The molecule has 90 valence electrons. The van der Waals surface area contributed by atoms with Crippen molar-refractivity contribution in [3.05, 3.63) is 36.8 Å². The van der Waals surface area contributed by atoms with Crippen LogP contribution in [0, 0.1) is 6.92 Å². The highest BCUT2D eigenvalue weighted by molar-refractivity contribution is 9.10. The SMILES string of the molecule is Cc1cscc1-c1nc(C(C)C)c(Br)c(=O)[nH]1. The third kappa shape index (κ3) is 2.35. The highest BCUT2D eigenvalue weighted by atomic mass is 79.9. The monoisotopic (exact) mass is 312 g/mol. The molecule has 0 unspecified atom stereocenters. The van der Waals surface area contributed by atoms with E-state index >= 15 is 0 Å². The zero-order valence-corrected chi connectivity index (χ0v) is 12.3. The predicted octanol–water partition coefficient (Wildman–Crippen LogP) is 3.69. The van der Waals surface area contributed by atoms with E-state index in [1.165, 1.54) is 0 Å². The molecule has 5 heteroatoms. The van der Waals surface area contributed by atoms with Crippen molar-refractivity contribution in [1.82, 2.24) is 9.97 Å². The minimum atomic E-state index is -0.121. The summed E-state index contributed by atoms with van der Waals surface area (Å²) in [5.74, 6) is 0.866. The molecule has 2 aromatic heterocycles. The van der Waals surface area contributed by atoms with Gasteiger partial charge < -0.3 is 4.98 Å². The number of thiophene rings is 1. The number of aromatic nitrogens is 2. The number of hydrogen-bond acceptors (Lipinski definition) is 3. The van der Waals surface area contributed by atoms with Gasteiger partial charge in [0.05, 0.1) is 5.69 Å². The summed E-state index contributed by atoms with van der Waals surface area (Å²) in [7, 11) is 0. The lowest BCUT2D eigenvalue weighted by Crippen LogP contribution is -2.14. The van der Waals surface area contributed by atoms with Crippen molar-refractivity contribution < 1.29 is 0 Å². The maximum absolute atomic E-state index is 11.8. The van der Waals surface area contributed by atoms with Gasteiger partial charge in [-0.15, -0.1) is 0 Å². The summed E-state index contributed by atoms with van der Waals surface area (Å²) in [4.78, 5) is 19.2. The van der Waals surface area contributed by atoms with Crippen LogP contribution in [0.15, 0.2) is 20.0 Å². The van der Waals surface area contributed by atoms with Crippen molar-refractivity contribution in [3.63, 3.8) is 0 Å². The van der Waals surface area contributed by atoms with E-state index < -0.39 is 0 Å². The molecule has 1 N–H and O–H groups in total. The lowest BCUT2D eigenvalue weighted by molar-refractivity contribution is 0.803. The first-order chi connectivity index (χ1) is 8.00. The number of nitrogens with zero attached hydrogens (tertiary/aromatic N) is 1. The van der Waals surface area contributed by atoms with Crippen LogP contribution < -0.4 is 5.56 Å². The third-order valence-electron chi connectivity index (χ3n) is 2.55. The molecule has 0 aliphatic rings. The van der Waals surface area contributed by atoms with Gasteiger partial charge in [0, 0.05) is 10.9 Å². The Labute approximate surface area is 112 Å². The Bertz CT molecular complexity index is 601. The molecule has 0 atom stereocenters. The van der Waals surface area contributed by atoms with Crippen LogP contribution in [0.4, 0.5) is 0 Å². The van der Waals surface area contributed by atoms with Gasteiger partial charge >= 0.3 is 0 Å². The van der Waals surface area contributed by atoms with Gasteiger partial charge in [-0.05, 0) is 39.7 Å². The molecule has 2 heterocycles. The Kier molecular flexibility index (Phi) is 3.49. The van der Waals surface area contributed by atoms with E-state index in [0.717, 1.165) is 16.8 Å². The summed E-state index contributed by atoms with van der Waals surface area (Å²) < 4.78 is 0.532. The average Bonchev–Trinajstić information content (AvgIpc) is 2.68. The molecule has 0 aliphatic heterocycles. The molecular formula is C12H13BrN2OS. The number of aromatic amines is 1. The summed E-state index contributed by atoms with van der Waals surface area (Å²) in [5.41, 5.74) is 2.82. The number of hydrogen-bond donors (Lipinski definition) is 1. The molecule has 2 rings (SSSR count). The Morgan fingerprint density at radius 3 is 2.65 bits per heavy atom. The fraction of sp³-hybridized carbons (Fsp3) is 0.333. The van der Waals surface area contributed by atoms with Crippen molar-refractivity contribution in [2.75, 3.05) is 0 Å². The quantitative estimate of drug-likeness (QED) is 0.919. The van der Waals surface area contributed by atoms with Crippen LogP contribution in [0.1, 0.15) is 31.0 Å². The second kappa shape index (κ2) is 4.74. The van der Waals surface area contributed by atoms with E-state index in [4.69, 9.17) is 0 Å². The van der Waals surface area contributed by atoms with Crippen LogP contribution >= 0.6 is 27.3 Å². The van der Waals surface area contributed by atoms with E-state index in [1.54, 1.807) is 11.3 Å². The van der Waals surface area contributed by atoms with E-state index in [0.29, 0.717) is 10.3 Å². The zero-order valence-electron chi connectivity index (χ0n) is 9.87. The first-order valence-electron chi connectivity index (χ1n) is 5.33. The maximum atomic E-state index is 11.8. The third-order valence-corrected chi connectivity index (χ3v) is 4.17. The molecule has 0 amide bonds. The lowest BCUT2D eigenvalue weighted by Gasteiger charge is -2.09. The van der Waals surface area contributed by atoms with E-state index in [1.807, 2.05) is 31.5 Å². The first-order valence-corrected chi connectivity index (χ1v) is 7.07. The van der Waals surface area contributed by atoms with Crippen LogP contribution in [-0.4, -0.2) is 9.97 Å². The zero-order chi connectivity index (χ0) is 12.6. The first kappa shape index (κ1) is 12.5. The predicted molar refractivity (Wildman–Crippen MR) is 74.7 cm³/mol. The van der Waals surface area contributed by atoms with Crippen LogP contribution in [0.2, 0.25) is 0 Å². The Morgan fingerprint density at radius 2 is 2.12 bits per heavy atom. The van der Waals surface area contributed by atoms with E-state index in [2.05, 4.69) is 25.9 Å². The maximum Gasteiger partial charge on any atom is 0.265 e. The van der Waals surface area contributed by atoms with Crippen molar-refractivity contribution in [2.45, 2.75) is 26.7 Å².